The van der Waals surface area contributed by atoms with Gasteiger partial charge in [0.05, 0.1) is 23.4 Å². The third-order valence-electron chi connectivity index (χ3n) is 6.53. The molecule has 0 aromatic heterocycles. The highest BCUT2D eigenvalue weighted by Gasteiger charge is 2.29. The van der Waals surface area contributed by atoms with E-state index in [-0.39, 0.29) is 10.6 Å². The molecule has 0 fully saturated rings. The number of carbonyl (C=O) groups is 1. The molecule has 0 saturated heterocycles. The number of hydrogen-bond donors (Lipinski definition) is 1. The maximum Gasteiger partial charge on any atom is 0.264 e. The summed E-state index contributed by atoms with van der Waals surface area (Å²) in [6, 6.07) is 31.3. The number of anilines is 1. The molecular formula is C32H29N3O4S. The van der Waals surface area contributed by atoms with Gasteiger partial charge in [0.2, 0.25) is 0 Å². The monoisotopic (exact) mass is 551 g/mol. The molecule has 0 heterocycles. The molecule has 40 heavy (non-hydrogen) atoms. The second-order valence-corrected chi connectivity index (χ2v) is 11.1. The van der Waals surface area contributed by atoms with Gasteiger partial charge in [-0.05, 0) is 65.7 Å². The zero-order chi connectivity index (χ0) is 28.1. The Bertz CT molecular complexity index is 1760. The molecule has 5 rings (SSSR count). The van der Waals surface area contributed by atoms with Gasteiger partial charge in [-0.1, -0.05) is 78.4 Å². The third-order valence-corrected chi connectivity index (χ3v) is 8.30. The molecule has 0 aliphatic carbocycles. The van der Waals surface area contributed by atoms with Crippen LogP contribution in [0, 0.1) is 6.92 Å². The second kappa shape index (κ2) is 11.6. The van der Waals surface area contributed by atoms with E-state index in [0.717, 1.165) is 37.0 Å². The summed E-state index contributed by atoms with van der Waals surface area (Å²) >= 11 is 0. The van der Waals surface area contributed by atoms with Gasteiger partial charge in [-0.2, -0.15) is 5.10 Å². The zero-order valence-corrected chi connectivity index (χ0v) is 23.1. The Labute approximate surface area is 233 Å². The van der Waals surface area contributed by atoms with Gasteiger partial charge in [0, 0.05) is 5.56 Å². The minimum Gasteiger partial charge on any atom is -0.492 e. The lowest BCUT2D eigenvalue weighted by Gasteiger charge is -2.25. The average molecular weight is 552 g/mol. The third kappa shape index (κ3) is 5.53. The summed E-state index contributed by atoms with van der Waals surface area (Å²) in [6.45, 7) is 3.54. The molecule has 0 bridgehead atoms. The Hall–Kier alpha value is -4.69. The smallest absolute Gasteiger partial charge is 0.264 e. The topological polar surface area (TPSA) is 88.1 Å². The van der Waals surface area contributed by atoms with Crippen LogP contribution in [0.1, 0.15) is 18.1 Å². The van der Waals surface area contributed by atoms with Crippen molar-refractivity contribution in [1.82, 2.24) is 5.43 Å². The second-order valence-electron chi connectivity index (χ2n) is 9.25. The van der Waals surface area contributed by atoms with Crippen molar-refractivity contribution in [2.75, 3.05) is 17.5 Å². The van der Waals surface area contributed by atoms with Crippen LogP contribution in [0.25, 0.3) is 21.5 Å². The first kappa shape index (κ1) is 26.9. The number of ether oxygens (including phenoxy) is 1. The Morgan fingerprint density at radius 3 is 2.12 bits per heavy atom. The highest BCUT2D eigenvalue weighted by atomic mass is 32.2. The quantitative estimate of drug-likeness (QED) is 0.137. The SMILES string of the molecule is CCOc1ccccc1N(CC(=O)N/N=C\c1c2ccccc2cc2ccccc12)S(=O)(=O)c1ccc(C)cc1. The van der Waals surface area contributed by atoms with Crippen molar-refractivity contribution in [2.24, 2.45) is 5.10 Å². The van der Waals surface area contributed by atoms with E-state index in [1.807, 2.05) is 62.4 Å². The lowest BCUT2D eigenvalue weighted by molar-refractivity contribution is -0.119. The van der Waals surface area contributed by atoms with E-state index in [2.05, 4.69) is 16.6 Å². The first-order valence-electron chi connectivity index (χ1n) is 12.9. The predicted octanol–water partition coefficient (Wildman–Crippen LogP) is 6.05. The molecule has 0 aliphatic rings. The molecule has 1 amide bonds. The van der Waals surface area contributed by atoms with Crippen molar-refractivity contribution in [3.8, 4) is 5.75 Å². The Morgan fingerprint density at radius 2 is 1.48 bits per heavy atom. The number of carbonyl (C=O) groups excluding carboxylic acids is 1. The van der Waals surface area contributed by atoms with Crippen LogP contribution < -0.4 is 14.5 Å². The van der Waals surface area contributed by atoms with Crippen molar-refractivity contribution in [1.29, 1.82) is 0 Å². The summed E-state index contributed by atoms with van der Waals surface area (Å²) in [5.74, 6) is -0.234. The average Bonchev–Trinajstić information content (AvgIpc) is 2.96. The number of nitrogens with zero attached hydrogens (tertiary/aromatic N) is 2. The van der Waals surface area contributed by atoms with E-state index in [0.29, 0.717) is 12.4 Å². The molecule has 7 nitrogen and oxygen atoms in total. The molecule has 0 saturated carbocycles. The van der Waals surface area contributed by atoms with Gasteiger partial charge in [0.1, 0.15) is 12.3 Å². The lowest BCUT2D eigenvalue weighted by atomic mass is 9.97. The Balaban J connectivity index is 1.47. The van der Waals surface area contributed by atoms with Crippen LogP contribution in [-0.2, 0) is 14.8 Å². The van der Waals surface area contributed by atoms with Crippen LogP contribution in [0.15, 0.2) is 113 Å². The number of nitrogens with one attached hydrogen (secondary N) is 1. The summed E-state index contributed by atoms with van der Waals surface area (Å²) < 4.78 is 34.3. The summed E-state index contributed by atoms with van der Waals surface area (Å²) in [6.07, 6.45) is 1.61. The summed E-state index contributed by atoms with van der Waals surface area (Å²) in [5, 5.41) is 8.33. The highest BCUT2D eigenvalue weighted by Crippen LogP contribution is 2.32. The summed E-state index contributed by atoms with van der Waals surface area (Å²) in [5.41, 5.74) is 4.58. The number of fused-ring (bicyclic) bond motifs is 2. The number of sulfonamides is 1. The van der Waals surface area contributed by atoms with Crippen LogP contribution in [0.2, 0.25) is 0 Å². The largest absolute Gasteiger partial charge is 0.492 e. The first-order valence-corrected chi connectivity index (χ1v) is 14.4. The van der Waals surface area contributed by atoms with E-state index in [1.165, 1.54) is 12.1 Å². The number of aryl methyl sites for hydroxylation is 1. The van der Waals surface area contributed by atoms with E-state index < -0.39 is 22.5 Å². The molecule has 8 heteroatoms. The lowest BCUT2D eigenvalue weighted by Crippen LogP contribution is -2.39. The molecule has 5 aromatic rings. The number of benzene rings is 5. The van der Waals surface area contributed by atoms with E-state index >= 15 is 0 Å². The molecule has 5 aromatic carbocycles. The number of hydrazone groups is 1. The Morgan fingerprint density at radius 1 is 0.875 bits per heavy atom. The molecule has 0 atom stereocenters. The molecule has 1 N–H and O–H groups in total. The number of amides is 1. The van der Waals surface area contributed by atoms with E-state index in [4.69, 9.17) is 4.74 Å². The molecule has 0 aliphatic heterocycles. The fraction of sp³-hybridized carbons (Fsp3) is 0.125. The van der Waals surface area contributed by atoms with Gasteiger partial charge >= 0.3 is 0 Å². The minimum atomic E-state index is -4.10. The number of rotatable bonds is 9. The van der Waals surface area contributed by atoms with Crippen LogP contribution in [0.5, 0.6) is 5.75 Å². The zero-order valence-electron chi connectivity index (χ0n) is 22.2. The molecular weight excluding hydrogens is 522 g/mol. The van der Waals surface area contributed by atoms with Crippen LogP contribution >= 0.6 is 0 Å². The van der Waals surface area contributed by atoms with Crippen molar-refractivity contribution in [2.45, 2.75) is 18.7 Å². The molecule has 202 valence electrons. The van der Waals surface area contributed by atoms with Crippen LogP contribution in [0.4, 0.5) is 5.69 Å². The van der Waals surface area contributed by atoms with Crippen molar-refractivity contribution >= 4 is 49.4 Å². The van der Waals surface area contributed by atoms with Crippen molar-refractivity contribution in [3.05, 3.63) is 114 Å². The minimum absolute atomic E-state index is 0.0722. The normalized spacial score (nSPS) is 11.7. The van der Waals surface area contributed by atoms with Gasteiger partial charge < -0.3 is 4.74 Å². The molecule has 0 unspecified atom stereocenters. The van der Waals surface area contributed by atoms with Crippen molar-refractivity contribution < 1.29 is 17.9 Å². The predicted molar refractivity (Wildman–Crippen MR) is 161 cm³/mol. The standard InChI is InChI=1S/C32H29N3O4S/c1-3-39-31-15-9-8-14-30(31)35(40(37,38)26-18-16-23(2)17-19-26)22-32(36)34-33-21-29-27-12-6-4-10-24(27)20-25-11-5-7-13-28(25)29/h4-21H,3,22H2,1-2H3,(H,34,36)/b33-21-. The number of hydrogen-bond acceptors (Lipinski definition) is 5. The Kier molecular flexibility index (Phi) is 7.79. The van der Waals surface area contributed by atoms with Crippen LogP contribution in [-0.4, -0.2) is 33.7 Å². The van der Waals surface area contributed by atoms with Gasteiger partial charge in [0.15, 0.2) is 0 Å². The van der Waals surface area contributed by atoms with Crippen LogP contribution in [0.3, 0.4) is 0 Å². The number of para-hydroxylation sites is 2. The van der Waals surface area contributed by atoms with Crippen molar-refractivity contribution in [3.63, 3.8) is 0 Å². The maximum absolute atomic E-state index is 13.8. The van der Waals surface area contributed by atoms with E-state index in [1.54, 1.807) is 42.6 Å². The highest BCUT2D eigenvalue weighted by molar-refractivity contribution is 7.92. The van der Waals surface area contributed by atoms with Gasteiger partial charge in [0.25, 0.3) is 15.9 Å². The van der Waals surface area contributed by atoms with Gasteiger partial charge in [-0.15, -0.1) is 0 Å². The van der Waals surface area contributed by atoms with Gasteiger partial charge in [-0.25, -0.2) is 13.8 Å². The van der Waals surface area contributed by atoms with Gasteiger partial charge in [-0.3, -0.25) is 9.10 Å². The molecule has 0 radical (unpaired) electrons. The fourth-order valence-electron chi connectivity index (χ4n) is 4.60. The first-order chi connectivity index (χ1) is 19.4. The molecule has 0 spiro atoms. The van der Waals surface area contributed by atoms with E-state index in [9.17, 15) is 13.2 Å². The summed E-state index contributed by atoms with van der Waals surface area (Å²) in [7, 11) is -4.10. The maximum atomic E-state index is 13.8. The summed E-state index contributed by atoms with van der Waals surface area (Å²) in [4.78, 5) is 13.2. The fourth-order valence-corrected chi connectivity index (χ4v) is 6.03.